The van der Waals surface area contributed by atoms with Crippen LogP contribution in [-0.2, 0) is 0 Å². The van der Waals surface area contributed by atoms with Gasteiger partial charge in [0.15, 0.2) is 11.5 Å². The van der Waals surface area contributed by atoms with Crippen LogP contribution < -0.4 is 0 Å². The summed E-state index contributed by atoms with van der Waals surface area (Å²) >= 11 is 5.98. The lowest BCUT2D eigenvalue weighted by atomic mass is 10.2. The molecular weight excluding hydrogens is 241 g/mol. The van der Waals surface area contributed by atoms with Crippen molar-refractivity contribution in [3.8, 4) is 11.4 Å². The molecule has 0 amide bonds. The zero-order valence-corrected chi connectivity index (χ0v) is 9.39. The van der Waals surface area contributed by atoms with Gasteiger partial charge in [-0.1, -0.05) is 17.7 Å². The van der Waals surface area contributed by atoms with Crippen molar-refractivity contribution < 1.29 is 4.39 Å². The predicted octanol–water partition coefficient (Wildman–Crippen LogP) is 3.19. The summed E-state index contributed by atoms with van der Waals surface area (Å²) in [5, 5.41) is 4.75. The van der Waals surface area contributed by atoms with Gasteiger partial charge >= 0.3 is 0 Å². The van der Waals surface area contributed by atoms with E-state index in [4.69, 9.17) is 11.6 Å². The maximum absolute atomic E-state index is 12.8. The minimum Gasteiger partial charge on any atom is -0.207 e. The van der Waals surface area contributed by atoms with Crippen molar-refractivity contribution in [1.29, 1.82) is 0 Å². The smallest absolute Gasteiger partial charge is 0.182 e. The highest BCUT2D eigenvalue weighted by atomic mass is 35.5. The molecule has 0 aliphatic heterocycles. The van der Waals surface area contributed by atoms with Crippen LogP contribution in [0.1, 0.15) is 0 Å². The Morgan fingerprint density at radius 2 is 1.82 bits per heavy atom. The fourth-order valence-electron chi connectivity index (χ4n) is 1.59. The average molecular weight is 248 g/mol. The summed E-state index contributed by atoms with van der Waals surface area (Å²) < 4.78 is 14.3. The van der Waals surface area contributed by atoms with Gasteiger partial charge in [0.1, 0.15) is 11.0 Å². The summed E-state index contributed by atoms with van der Waals surface area (Å²) in [5.74, 6) is 0.244. The highest BCUT2D eigenvalue weighted by molar-refractivity contribution is 6.29. The zero-order chi connectivity index (χ0) is 11.8. The van der Waals surface area contributed by atoms with Crippen LogP contribution in [0, 0.1) is 5.82 Å². The fraction of sp³-hybridized carbons (Fsp3) is 0. The van der Waals surface area contributed by atoms with Gasteiger partial charge in [-0.25, -0.2) is 13.9 Å². The fourth-order valence-corrected chi connectivity index (χ4v) is 1.79. The van der Waals surface area contributed by atoms with Crippen molar-refractivity contribution in [2.45, 2.75) is 0 Å². The number of fused-ring (bicyclic) bond motifs is 1. The van der Waals surface area contributed by atoms with Gasteiger partial charge in [0.05, 0.1) is 0 Å². The van der Waals surface area contributed by atoms with Crippen molar-refractivity contribution >= 4 is 17.2 Å². The van der Waals surface area contributed by atoms with Gasteiger partial charge in [0.2, 0.25) is 0 Å². The molecule has 0 aliphatic carbocycles. The summed E-state index contributed by atoms with van der Waals surface area (Å²) in [4.78, 5) is 4.32. The Labute approximate surface area is 101 Å². The number of pyridine rings is 1. The number of nitrogens with zero attached hydrogens (tertiary/aromatic N) is 3. The van der Waals surface area contributed by atoms with E-state index in [1.54, 1.807) is 28.8 Å². The van der Waals surface area contributed by atoms with Gasteiger partial charge in [-0.05, 0) is 36.4 Å². The lowest BCUT2D eigenvalue weighted by Gasteiger charge is -1.93. The van der Waals surface area contributed by atoms with Crippen LogP contribution in [-0.4, -0.2) is 14.6 Å². The van der Waals surface area contributed by atoms with Crippen molar-refractivity contribution in [3.63, 3.8) is 0 Å². The summed E-state index contributed by atoms with van der Waals surface area (Å²) in [6, 6.07) is 11.4. The van der Waals surface area contributed by atoms with Gasteiger partial charge in [-0.3, -0.25) is 0 Å². The highest BCUT2D eigenvalue weighted by Gasteiger charge is 2.07. The summed E-state index contributed by atoms with van der Waals surface area (Å²) in [7, 11) is 0. The standard InChI is InChI=1S/C12H7ClFN3/c13-10-2-1-3-11-15-12(16-17(10)11)8-4-6-9(14)7-5-8/h1-7H. The molecule has 84 valence electrons. The number of aromatic nitrogens is 3. The van der Waals surface area contributed by atoms with Gasteiger partial charge in [0.25, 0.3) is 0 Å². The lowest BCUT2D eigenvalue weighted by molar-refractivity contribution is 0.628. The van der Waals surface area contributed by atoms with Gasteiger partial charge in [0, 0.05) is 5.56 Å². The molecule has 3 rings (SSSR count). The molecule has 0 saturated heterocycles. The Hall–Kier alpha value is -1.94. The van der Waals surface area contributed by atoms with Crippen LogP contribution in [0.4, 0.5) is 4.39 Å². The molecule has 2 heterocycles. The number of benzene rings is 1. The molecule has 0 saturated carbocycles. The van der Waals surface area contributed by atoms with E-state index in [1.165, 1.54) is 12.1 Å². The number of hydrogen-bond donors (Lipinski definition) is 0. The molecule has 0 N–H and O–H groups in total. The van der Waals surface area contributed by atoms with Crippen molar-refractivity contribution in [3.05, 3.63) is 53.4 Å². The van der Waals surface area contributed by atoms with Crippen LogP contribution in [0.3, 0.4) is 0 Å². The second-order valence-corrected chi connectivity index (χ2v) is 3.95. The largest absolute Gasteiger partial charge is 0.207 e. The van der Waals surface area contributed by atoms with Gasteiger partial charge in [-0.2, -0.15) is 0 Å². The van der Waals surface area contributed by atoms with Crippen LogP contribution in [0.5, 0.6) is 0 Å². The van der Waals surface area contributed by atoms with Crippen LogP contribution >= 0.6 is 11.6 Å². The first-order chi connectivity index (χ1) is 8.24. The molecule has 5 heteroatoms. The molecule has 0 atom stereocenters. The van der Waals surface area contributed by atoms with Crippen LogP contribution in [0.25, 0.3) is 17.0 Å². The number of hydrogen-bond acceptors (Lipinski definition) is 2. The molecule has 0 bridgehead atoms. The first-order valence-corrected chi connectivity index (χ1v) is 5.39. The number of rotatable bonds is 1. The normalized spacial score (nSPS) is 10.9. The van der Waals surface area contributed by atoms with E-state index in [0.717, 1.165) is 5.56 Å². The van der Waals surface area contributed by atoms with E-state index >= 15 is 0 Å². The van der Waals surface area contributed by atoms with E-state index < -0.39 is 0 Å². The Kier molecular flexibility index (Phi) is 2.30. The number of halogens is 2. The van der Waals surface area contributed by atoms with E-state index in [9.17, 15) is 4.39 Å². The molecule has 17 heavy (non-hydrogen) atoms. The highest BCUT2D eigenvalue weighted by Crippen LogP contribution is 2.18. The Bertz CT molecular complexity index is 676. The first-order valence-electron chi connectivity index (χ1n) is 5.01. The molecule has 0 aliphatic rings. The van der Waals surface area contributed by atoms with Crippen LogP contribution in [0.2, 0.25) is 5.15 Å². The third-order valence-corrected chi connectivity index (χ3v) is 2.70. The molecule has 0 fully saturated rings. The Morgan fingerprint density at radius 3 is 2.53 bits per heavy atom. The first kappa shape index (κ1) is 10.2. The van der Waals surface area contributed by atoms with Crippen LogP contribution in [0.15, 0.2) is 42.5 Å². The minimum absolute atomic E-state index is 0.282. The average Bonchev–Trinajstić information content (AvgIpc) is 2.75. The molecule has 0 radical (unpaired) electrons. The Morgan fingerprint density at radius 1 is 1.06 bits per heavy atom. The molecule has 3 nitrogen and oxygen atoms in total. The summed E-state index contributed by atoms with van der Waals surface area (Å²) in [5.41, 5.74) is 1.42. The lowest BCUT2D eigenvalue weighted by Crippen LogP contribution is -1.88. The van der Waals surface area contributed by atoms with Crippen molar-refractivity contribution in [1.82, 2.24) is 14.6 Å². The van der Waals surface area contributed by atoms with Crippen molar-refractivity contribution in [2.24, 2.45) is 0 Å². The van der Waals surface area contributed by atoms with E-state index in [1.807, 2.05) is 6.07 Å². The third-order valence-electron chi connectivity index (χ3n) is 2.42. The molecule has 0 unspecified atom stereocenters. The summed E-state index contributed by atoms with van der Waals surface area (Å²) in [6.07, 6.45) is 0. The predicted molar refractivity (Wildman–Crippen MR) is 63.4 cm³/mol. The van der Waals surface area contributed by atoms with Gasteiger partial charge < -0.3 is 0 Å². The quantitative estimate of drug-likeness (QED) is 0.618. The maximum atomic E-state index is 12.8. The molecule has 1 aromatic carbocycles. The third kappa shape index (κ3) is 1.76. The summed E-state index contributed by atoms with van der Waals surface area (Å²) in [6.45, 7) is 0. The molecule has 2 aromatic heterocycles. The topological polar surface area (TPSA) is 30.2 Å². The minimum atomic E-state index is -0.282. The van der Waals surface area contributed by atoms with Crippen molar-refractivity contribution in [2.75, 3.05) is 0 Å². The monoisotopic (exact) mass is 247 g/mol. The molecular formula is C12H7ClFN3. The van der Waals surface area contributed by atoms with Gasteiger partial charge in [-0.15, -0.1) is 5.10 Å². The van der Waals surface area contributed by atoms with E-state index in [2.05, 4.69) is 10.1 Å². The zero-order valence-electron chi connectivity index (χ0n) is 8.64. The molecule has 3 aromatic rings. The second kappa shape index (κ2) is 3.82. The maximum Gasteiger partial charge on any atom is 0.182 e. The Balaban J connectivity index is 2.18. The molecule has 0 spiro atoms. The van der Waals surface area contributed by atoms with E-state index in [0.29, 0.717) is 16.6 Å². The second-order valence-electron chi connectivity index (χ2n) is 3.56. The SMILES string of the molecule is Fc1ccc(-c2nc3cccc(Cl)n3n2)cc1. The van der Waals surface area contributed by atoms with E-state index in [-0.39, 0.29) is 5.82 Å².